The normalized spacial score (nSPS) is 11.9. The van der Waals surface area contributed by atoms with Crippen LogP contribution in [0.25, 0.3) is 10.7 Å². The summed E-state index contributed by atoms with van der Waals surface area (Å²) in [7, 11) is -1.03. The van der Waals surface area contributed by atoms with Gasteiger partial charge in [-0.25, -0.2) is 8.42 Å². The highest BCUT2D eigenvalue weighted by atomic mass is 32.2. The monoisotopic (exact) mass is 303 g/mol. The summed E-state index contributed by atoms with van der Waals surface area (Å²) in [5.41, 5.74) is 0. The molecule has 0 aromatic carbocycles. The van der Waals surface area contributed by atoms with Crippen LogP contribution in [-0.4, -0.2) is 40.9 Å². The highest BCUT2D eigenvalue weighted by Gasteiger charge is 2.12. The second kappa shape index (κ2) is 5.41. The van der Waals surface area contributed by atoms with E-state index in [1.54, 1.807) is 11.3 Å². The first kappa shape index (κ1) is 13.6. The first-order valence-corrected chi connectivity index (χ1v) is 9.14. The van der Waals surface area contributed by atoms with Gasteiger partial charge in [0.2, 0.25) is 0 Å². The molecule has 0 radical (unpaired) electrons. The fourth-order valence-electron chi connectivity index (χ4n) is 1.35. The Morgan fingerprint density at radius 2 is 2.22 bits per heavy atom. The van der Waals surface area contributed by atoms with Gasteiger partial charge < -0.3 is 4.57 Å². The van der Waals surface area contributed by atoms with E-state index >= 15 is 0 Å². The second-order valence-corrected chi connectivity index (χ2v) is 8.09. The van der Waals surface area contributed by atoms with Crippen LogP contribution in [0.3, 0.4) is 0 Å². The fourth-order valence-corrected chi connectivity index (χ4v) is 4.19. The van der Waals surface area contributed by atoms with Gasteiger partial charge in [-0.1, -0.05) is 17.8 Å². The van der Waals surface area contributed by atoms with E-state index in [2.05, 4.69) is 10.2 Å². The molecule has 8 heteroatoms. The number of thiophene rings is 1. The Hall–Kier alpha value is -0.860. The van der Waals surface area contributed by atoms with Gasteiger partial charge in [-0.2, -0.15) is 0 Å². The van der Waals surface area contributed by atoms with Crippen LogP contribution < -0.4 is 0 Å². The third-order valence-electron chi connectivity index (χ3n) is 2.26. The lowest BCUT2D eigenvalue weighted by Crippen LogP contribution is -2.05. The minimum absolute atomic E-state index is 0.152. The van der Waals surface area contributed by atoms with E-state index < -0.39 is 9.84 Å². The maximum absolute atomic E-state index is 11.0. The largest absolute Gasteiger partial charge is 0.305 e. The molecule has 2 aromatic heterocycles. The molecule has 0 aliphatic carbocycles. The number of aromatic nitrogens is 3. The highest BCUT2D eigenvalue weighted by Crippen LogP contribution is 2.25. The first-order valence-electron chi connectivity index (χ1n) is 5.21. The SMILES string of the molecule is Cn1c(SCCS(C)(=O)=O)nnc1-c1cccs1. The molecule has 0 saturated carbocycles. The van der Waals surface area contributed by atoms with Gasteiger partial charge in [0.25, 0.3) is 0 Å². The van der Waals surface area contributed by atoms with Crippen LogP contribution in [0.5, 0.6) is 0 Å². The number of hydrogen-bond acceptors (Lipinski definition) is 6. The molecular formula is C10H13N3O2S3. The quantitative estimate of drug-likeness (QED) is 0.786. The molecule has 0 saturated heterocycles. The zero-order valence-electron chi connectivity index (χ0n) is 10.0. The van der Waals surface area contributed by atoms with Crippen molar-refractivity contribution in [2.45, 2.75) is 5.16 Å². The summed E-state index contributed by atoms with van der Waals surface area (Å²) < 4.78 is 24.0. The van der Waals surface area contributed by atoms with Crippen molar-refractivity contribution in [1.29, 1.82) is 0 Å². The molecule has 0 aliphatic heterocycles. The van der Waals surface area contributed by atoms with Gasteiger partial charge in [0, 0.05) is 19.1 Å². The van der Waals surface area contributed by atoms with E-state index in [1.807, 2.05) is 29.1 Å². The van der Waals surface area contributed by atoms with Gasteiger partial charge >= 0.3 is 0 Å². The average Bonchev–Trinajstić information content (AvgIpc) is 2.87. The fraction of sp³-hybridized carbons (Fsp3) is 0.400. The minimum Gasteiger partial charge on any atom is -0.305 e. The number of nitrogens with zero attached hydrogens (tertiary/aromatic N) is 3. The van der Waals surface area contributed by atoms with Gasteiger partial charge in [0.05, 0.1) is 10.6 Å². The summed E-state index contributed by atoms with van der Waals surface area (Å²) in [5, 5.41) is 10.9. The van der Waals surface area contributed by atoms with Crippen LogP contribution in [0.4, 0.5) is 0 Å². The minimum atomic E-state index is -2.92. The maximum atomic E-state index is 11.0. The molecule has 2 heterocycles. The molecule has 98 valence electrons. The Kier molecular flexibility index (Phi) is 4.08. The molecule has 0 aliphatic rings. The molecule has 0 spiro atoms. The molecule has 2 rings (SSSR count). The standard InChI is InChI=1S/C10H13N3O2S3/c1-13-9(8-4-3-5-16-8)11-12-10(13)17-6-7-18(2,14)15/h3-5H,6-7H2,1-2H3. The van der Waals surface area contributed by atoms with Gasteiger partial charge in [0.15, 0.2) is 11.0 Å². The van der Waals surface area contributed by atoms with Gasteiger partial charge in [0.1, 0.15) is 9.84 Å². The molecule has 5 nitrogen and oxygen atoms in total. The predicted molar refractivity (Wildman–Crippen MR) is 74.8 cm³/mol. The summed E-state index contributed by atoms with van der Waals surface area (Å²) in [6, 6.07) is 3.95. The number of sulfone groups is 1. The van der Waals surface area contributed by atoms with E-state index in [0.717, 1.165) is 15.9 Å². The van der Waals surface area contributed by atoms with Crippen LogP contribution in [0.15, 0.2) is 22.7 Å². The Morgan fingerprint density at radius 1 is 1.44 bits per heavy atom. The smallest absolute Gasteiger partial charge is 0.191 e. The molecule has 18 heavy (non-hydrogen) atoms. The van der Waals surface area contributed by atoms with Gasteiger partial charge in [-0.3, -0.25) is 0 Å². The van der Waals surface area contributed by atoms with Crippen LogP contribution in [0, 0.1) is 0 Å². The first-order chi connectivity index (χ1) is 8.47. The van der Waals surface area contributed by atoms with Crippen molar-refractivity contribution in [3.63, 3.8) is 0 Å². The predicted octanol–water partition coefficient (Wildman–Crippen LogP) is 1.68. The van der Waals surface area contributed by atoms with Crippen LogP contribution >= 0.6 is 23.1 Å². The van der Waals surface area contributed by atoms with Crippen molar-refractivity contribution in [1.82, 2.24) is 14.8 Å². The van der Waals surface area contributed by atoms with Crippen molar-refractivity contribution in [2.75, 3.05) is 17.8 Å². The van der Waals surface area contributed by atoms with Crippen molar-refractivity contribution in [2.24, 2.45) is 7.05 Å². The van der Waals surface area contributed by atoms with Crippen molar-refractivity contribution >= 4 is 32.9 Å². The zero-order valence-corrected chi connectivity index (χ0v) is 12.5. The summed E-state index contributed by atoms with van der Waals surface area (Å²) in [4.78, 5) is 1.06. The molecule has 2 aromatic rings. The van der Waals surface area contributed by atoms with Crippen molar-refractivity contribution in [3.8, 4) is 10.7 Å². The summed E-state index contributed by atoms with van der Waals surface area (Å²) >= 11 is 3.01. The maximum Gasteiger partial charge on any atom is 0.191 e. The molecule has 0 fully saturated rings. The number of hydrogen-bond donors (Lipinski definition) is 0. The number of thioether (sulfide) groups is 1. The van der Waals surface area contributed by atoms with E-state index in [9.17, 15) is 8.42 Å². The highest BCUT2D eigenvalue weighted by molar-refractivity contribution is 8.00. The Balaban J connectivity index is 2.07. The third-order valence-corrected chi connectivity index (χ3v) is 5.35. The lowest BCUT2D eigenvalue weighted by atomic mass is 10.4. The average molecular weight is 303 g/mol. The Morgan fingerprint density at radius 3 is 2.83 bits per heavy atom. The number of rotatable bonds is 5. The van der Waals surface area contributed by atoms with Gasteiger partial charge in [-0.05, 0) is 11.4 Å². The molecule has 0 N–H and O–H groups in total. The van der Waals surface area contributed by atoms with E-state index in [4.69, 9.17) is 0 Å². The summed E-state index contributed by atoms with van der Waals surface area (Å²) in [6.07, 6.45) is 1.24. The molecule has 0 unspecified atom stereocenters. The molecule has 0 bridgehead atoms. The van der Waals surface area contributed by atoms with E-state index in [0.29, 0.717) is 5.75 Å². The van der Waals surface area contributed by atoms with Crippen LogP contribution in [0.2, 0.25) is 0 Å². The van der Waals surface area contributed by atoms with Crippen LogP contribution in [0.1, 0.15) is 0 Å². The Bertz CT molecular complexity index is 617. The zero-order chi connectivity index (χ0) is 13.2. The lowest BCUT2D eigenvalue weighted by molar-refractivity contribution is 0.603. The van der Waals surface area contributed by atoms with Gasteiger partial charge in [-0.15, -0.1) is 21.5 Å². The second-order valence-electron chi connectivity index (χ2n) is 3.82. The lowest BCUT2D eigenvalue weighted by Gasteiger charge is -2.01. The molecule has 0 atom stereocenters. The van der Waals surface area contributed by atoms with Crippen molar-refractivity contribution < 1.29 is 8.42 Å². The van der Waals surface area contributed by atoms with E-state index in [1.165, 1.54) is 18.0 Å². The van der Waals surface area contributed by atoms with Crippen LogP contribution in [-0.2, 0) is 16.9 Å². The topological polar surface area (TPSA) is 64.8 Å². The van der Waals surface area contributed by atoms with Crippen molar-refractivity contribution in [3.05, 3.63) is 17.5 Å². The summed E-state index contributed by atoms with van der Waals surface area (Å²) in [6.45, 7) is 0. The molecular weight excluding hydrogens is 290 g/mol. The van der Waals surface area contributed by atoms with E-state index in [-0.39, 0.29) is 5.75 Å². The third kappa shape index (κ3) is 3.33. The summed E-state index contributed by atoms with van der Waals surface area (Å²) in [5.74, 6) is 1.46. The Labute approximate surface area is 114 Å². The molecule has 0 amide bonds.